The highest BCUT2D eigenvalue weighted by Crippen LogP contribution is 2.44. The summed E-state index contributed by atoms with van der Waals surface area (Å²) in [5.41, 5.74) is 0.675. The summed E-state index contributed by atoms with van der Waals surface area (Å²) in [7, 11) is 0. The topological polar surface area (TPSA) is 32.3 Å². The number of carbonyl (C=O) groups excluding carboxylic acids is 1. The number of nitrogens with zero attached hydrogens (tertiary/aromatic N) is 1. The maximum atomic E-state index is 13.9. The molecule has 1 saturated heterocycles. The third-order valence-electron chi connectivity index (χ3n) is 6.43. The molecule has 25 heavy (non-hydrogen) atoms. The fourth-order valence-corrected chi connectivity index (χ4v) is 5.12. The zero-order valence-electron chi connectivity index (χ0n) is 14.5. The van der Waals surface area contributed by atoms with Gasteiger partial charge in [-0.1, -0.05) is 24.1 Å². The maximum Gasteiger partial charge on any atom is 0.223 e. The molecule has 1 aromatic carbocycles. The highest BCUT2D eigenvalue weighted by Gasteiger charge is 2.40. The van der Waals surface area contributed by atoms with Crippen LogP contribution in [0.4, 0.5) is 4.39 Å². The van der Waals surface area contributed by atoms with E-state index < -0.39 is 0 Å². The van der Waals surface area contributed by atoms with Crippen LogP contribution in [0, 0.1) is 23.6 Å². The lowest BCUT2D eigenvalue weighted by molar-refractivity contribution is -0.127. The van der Waals surface area contributed by atoms with Gasteiger partial charge >= 0.3 is 0 Å². The predicted molar refractivity (Wildman–Crippen MR) is 96.8 cm³/mol. The molecule has 0 unspecified atom stereocenters. The molecule has 3 nitrogen and oxygen atoms in total. The van der Waals surface area contributed by atoms with E-state index >= 15 is 0 Å². The second-order valence-electron chi connectivity index (χ2n) is 8.08. The van der Waals surface area contributed by atoms with Gasteiger partial charge in [-0.25, -0.2) is 4.39 Å². The Balaban J connectivity index is 1.26. The number of nitrogens with one attached hydrogen (secondary N) is 1. The molecule has 3 atom stereocenters. The molecule has 3 fully saturated rings. The van der Waals surface area contributed by atoms with Gasteiger partial charge in [0.15, 0.2) is 0 Å². The van der Waals surface area contributed by atoms with Crippen LogP contribution in [0.3, 0.4) is 0 Å². The van der Waals surface area contributed by atoms with Crippen LogP contribution in [0.5, 0.6) is 0 Å². The number of hydrogen-bond donors (Lipinski definition) is 1. The highest BCUT2D eigenvalue weighted by atomic mass is 35.5. The minimum Gasteiger partial charge on any atom is -0.353 e. The van der Waals surface area contributed by atoms with Gasteiger partial charge in [-0.15, -0.1) is 0 Å². The Bertz CT molecular complexity index is 645. The summed E-state index contributed by atoms with van der Waals surface area (Å²) in [4.78, 5) is 14.8. The number of carbonyl (C=O) groups is 1. The Morgan fingerprint density at radius 3 is 2.64 bits per heavy atom. The first-order valence-electron chi connectivity index (χ1n) is 9.55. The molecule has 1 heterocycles. The lowest BCUT2D eigenvalue weighted by atomic mass is 9.92. The number of hydrogen-bond acceptors (Lipinski definition) is 2. The number of halogens is 2. The fourth-order valence-electron chi connectivity index (χ4n) is 4.97. The summed E-state index contributed by atoms with van der Waals surface area (Å²) in [6, 6.07) is 5.28. The van der Waals surface area contributed by atoms with Crippen molar-refractivity contribution in [3.63, 3.8) is 0 Å². The molecule has 3 aliphatic rings. The summed E-state index contributed by atoms with van der Waals surface area (Å²) < 4.78 is 13.9. The first-order chi connectivity index (χ1) is 12.1. The molecule has 4 rings (SSSR count). The van der Waals surface area contributed by atoms with E-state index in [2.05, 4.69) is 10.2 Å². The minimum absolute atomic E-state index is 0.116. The third-order valence-corrected chi connectivity index (χ3v) is 6.67. The van der Waals surface area contributed by atoms with Crippen LogP contribution >= 0.6 is 11.6 Å². The van der Waals surface area contributed by atoms with Gasteiger partial charge in [0.05, 0.1) is 0 Å². The Morgan fingerprint density at radius 1 is 1.20 bits per heavy atom. The molecule has 0 spiro atoms. The second-order valence-corrected chi connectivity index (χ2v) is 8.51. The predicted octanol–water partition coefficient (Wildman–Crippen LogP) is 4.00. The number of rotatable bonds is 4. The fraction of sp³-hybridized carbons (Fsp3) is 0.650. The number of likely N-dealkylation sites (tertiary alicyclic amines) is 1. The molecule has 0 aromatic heterocycles. The van der Waals surface area contributed by atoms with Crippen LogP contribution in [0.25, 0.3) is 0 Å². The number of fused-ring (bicyclic) bond motifs is 2. The molecule has 1 amide bonds. The quantitative estimate of drug-likeness (QED) is 0.875. The molecular formula is C20H26ClFN2O. The van der Waals surface area contributed by atoms with Crippen LogP contribution in [-0.2, 0) is 11.3 Å². The Labute approximate surface area is 153 Å². The summed E-state index contributed by atoms with van der Waals surface area (Å²) in [5, 5.41) is 3.76. The average molecular weight is 365 g/mol. The molecule has 1 N–H and O–H groups in total. The first-order valence-corrected chi connectivity index (χ1v) is 9.93. The van der Waals surface area contributed by atoms with Crippen LogP contribution in [-0.4, -0.2) is 29.9 Å². The van der Waals surface area contributed by atoms with E-state index in [1.807, 2.05) is 0 Å². The van der Waals surface area contributed by atoms with E-state index in [0.29, 0.717) is 23.2 Å². The normalized spacial score (nSPS) is 29.9. The first kappa shape index (κ1) is 17.3. The Kier molecular flexibility index (Phi) is 5.01. The summed E-state index contributed by atoms with van der Waals surface area (Å²) in [6.45, 7) is 2.28. The van der Waals surface area contributed by atoms with Crippen LogP contribution in [0.2, 0.25) is 5.02 Å². The van der Waals surface area contributed by atoms with E-state index in [1.54, 1.807) is 12.1 Å². The van der Waals surface area contributed by atoms with Gasteiger partial charge in [0.2, 0.25) is 5.91 Å². The van der Waals surface area contributed by atoms with Gasteiger partial charge < -0.3 is 5.32 Å². The van der Waals surface area contributed by atoms with Crippen LogP contribution in [0.15, 0.2) is 18.2 Å². The molecular weight excluding hydrogens is 339 g/mol. The summed E-state index contributed by atoms with van der Waals surface area (Å²) in [6.07, 6.45) is 6.88. The summed E-state index contributed by atoms with van der Waals surface area (Å²) >= 11 is 5.81. The van der Waals surface area contributed by atoms with Gasteiger partial charge in [0.1, 0.15) is 5.82 Å². The molecule has 2 aliphatic carbocycles. The molecule has 2 bridgehead atoms. The van der Waals surface area contributed by atoms with Crippen molar-refractivity contribution in [1.29, 1.82) is 0 Å². The maximum absolute atomic E-state index is 13.9. The summed E-state index contributed by atoms with van der Waals surface area (Å²) in [5.74, 6) is 1.69. The van der Waals surface area contributed by atoms with E-state index in [0.717, 1.165) is 37.8 Å². The van der Waals surface area contributed by atoms with Crippen molar-refractivity contribution in [2.45, 2.75) is 51.1 Å². The monoisotopic (exact) mass is 364 g/mol. The van der Waals surface area contributed by atoms with E-state index in [-0.39, 0.29) is 17.6 Å². The van der Waals surface area contributed by atoms with Crippen molar-refractivity contribution in [2.75, 3.05) is 13.1 Å². The second kappa shape index (κ2) is 7.24. The average Bonchev–Trinajstić information content (AvgIpc) is 3.21. The van der Waals surface area contributed by atoms with E-state index in [4.69, 9.17) is 11.6 Å². The number of piperidine rings is 1. The Hall–Kier alpha value is -1.13. The number of amides is 1. The third kappa shape index (κ3) is 3.85. The van der Waals surface area contributed by atoms with Crippen LogP contribution in [0.1, 0.15) is 44.1 Å². The number of benzene rings is 1. The zero-order valence-corrected chi connectivity index (χ0v) is 15.3. The van der Waals surface area contributed by atoms with Gasteiger partial charge in [0, 0.05) is 29.1 Å². The molecule has 136 valence electrons. The van der Waals surface area contributed by atoms with Crippen molar-refractivity contribution in [3.8, 4) is 0 Å². The lowest BCUT2D eigenvalue weighted by Gasteiger charge is -2.33. The van der Waals surface area contributed by atoms with Crippen molar-refractivity contribution in [3.05, 3.63) is 34.6 Å². The molecule has 0 radical (unpaired) electrons. The standard InChI is InChI=1S/C20H26ClFN2O/c21-17-4-3-16(18(22)11-17)12-24-7-5-14(6-8-24)20(25)23-19-10-13-1-2-15(19)9-13/h3-4,11,13-15,19H,1-2,5-10,12H2,(H,23,25)/t13-,15-,19-/m1/s1. The van der Waals surface area contributed by atoms with Gasteiger partial charge in [-0.05, 0) is 69.2 Å². The van der Waals surface area contributed by atoms with Crippen molar-refractivity contribution >= 4 is 17.5 Å². The van der Waals surface area contributed by atoms with E-state index in [1.165, 1.54) is 31.7 Å². The highest BCUT2D eigenvalue weighted by molar-refractivity contribution is 6.30. The molecule has 1 aromatic rings. The van der Waals surface area contributed by atoms with Gasteiger partial charge in [-0.3, -0.25) is 9.69 Å². The molecule has 1 aliphatic heterocycles. The smallest absolute Gasteiger partial charge is 0.223 e. The lowest BCUT2D eigenvalue weighted by Crippen LogP contribution is -2.45. The van der Waals surface area contributed by atoms with Crippen molar-refractivity contribution < 1.29 is 9.18 Å². The Morgan fingerprint density at radius 2 is 2.00 bits per heavy atom. The zero-order chi connectivity index (χ0) is 17.4. The SMILES string of the molecule is O=C(N[C@@H]1C[C@@H]2CC[C@@H]1C2)C1CCN(Cc2ccc(Cl)cc2F)CC1. The largest absolute Gasteiger partial charge is 0.353 e. The van der Waals surface area contributed by atoms with Gasteiger partial charge in [-0.2, -0.15) is 0 Å². The van der Waals surface area contributed by atoms with Crippen molar-refractivity contribution in [1.82, 2.24) is 10.2 Å². The molecule has 2 saturated carbocycles. The van der Waals surface area contributed by atoms with Crippen molar-refractivity contribution in [2.24, 2.45) is 17.8 Å². The molecule has 5 heteroatoms. The van der Waals surface area contributed by atoms with Crippen LogP contribution < -0.4 is 5.32 Å². The van der Waals surface area contributed by atoms with E-state index in [9.17, 15) is 9.18 Å². The van der Waals surface area contributed by atoms with Gasteiger partial charge in [0.25, 0.3) is 0 Å². The minimum atomic E-state index is -0.247.